The summed E-state index contributed by atoms with van der Waals surface area (Å²) in [7, 11) is 3.36. The summed E-state index contributed by atoms with van der Waals surface area (Å²) in [4.78, 5) is 28.4. The Bertz CT molecular complexity index is 850. The number of para-hydroxylation sites is 2. The highest BCUT2D eigenvalue weighted by Gasteiger charge is 2.34. The van der Waals surface area contributed by atoms with Crippen molar-refractivity contribution in [3.8, 4) is 11.5 Å². The van der Waals surface area contributed by atoms with E-state index in [0.717, 1.165) is 11.3 Å². The van der Waals surface area contributed by atoms with Gasteiger partial charge in [-0.3, -0.25) is 9.59 Å². The molecule has 1 aliphatic rings. The van der Waals surface area contributed by atoms with Crippen LogP contribution in [0.15, 0.2) is 48.5 Å². The summed E-state index contributed by atoms with van der Waals surface area (Å²) < 4.78 is 11.5. The van der Waals surface area contributed by atoms with Gasteiger partial charge in [0.1, 0.15) is 11.5 Å². The van der Waals surface area contributed by atoms with Gasteiger partial charge in [-0.15, -0.1) is 0 Å². The molecule has 0 spiro atoms. The van der Waals surface area contributed by atoms with E-state index >= 15 is 0 Å². The quantitative estimate of drug-likeness (QED) is 0.721. The number of nitrogens with zero attached hydrogens (tertiary/aromatic N) is 2. The van der Waals surface area contributed by atoms with Crippen LogP contribution < -0.4 is 14.4 Å². The molecule has 28 heavy (non-hydrogen) atoms. The van der Waals surface area contributed by atoms with Crippen molar-refractivity contribution >= 4 is 17.5 Å². The van der Waals surface area contributed by atoms with E-state index < -0.39 is 6.10 Å². The van der Waals surface area contributed by atoms with Gasteiger partial charge in [0.2, 0.25) is 5.91 Å². The number of carbonyl (C=O) groups is 2. The van der Waals surface area contributed by atoms with Crippen molar-refractivity contribution in [2.45, 2.75) is 25.9 Å². The van der Waals surface area contributed by atoms with Gasteiger partial charge in [-0.2, -0.15) is 0 Å². The molecule has 1 atom stereocenters. The number of fused-ring (bicyclic) bond motifs is 1. The lowest BCUT2D eigenvalue weighted by molar-refractivity contribution is -0.136. The summed E-state index contributed by atoms with van der Waals surface area (Å²) in [6.45, 7) is 2.69. The maximum Gasteiger partial charge on any atom is 0.265 e. The first-order valence-corrected chi connectivity index (χ1v) is 9.42. The van der Waals surface area contributed by atoms with Gasteiger partial charge in [-0.05, 0) is 43.2 Å². The van der Waals surface area contributed by atoms with Crippen LogP contribution in [-0.2, 0) is 9.59 Å². The summed E-state index contributed by atoms with van der Waals surface area (Å²) in [5.74, 6) is 1.16. The van der Waals surface area contributed by atoms with Crippen molar-refractivity contribution in [2.24, 2.45) is 0 Å². The molecule has 0 aliphatic carbocycles. The zero-order valence-electron chi connectivity index (χ0n) is 16.6. The summed E-state index contributed by atoms with van der Waals surface area (Å²) in [5.41, 5.74) is 1.84. The van der Waals surface area contributed by atoms with Gasteiger partial charge in [-0.1, -0.05) is 24.3 Å². The monoisotopic (exact) mass is 382 g/mol. The molecule has 0 fully saturated rings. The van der Waals surface area contributed by atoms with Gasteiger partial charge in [0.25, 0.3) is 5.91 Å². The molecule has 0 unspecified atom stereocenters. The Morgan fingerprint density at radius 3 is 2.71 bits per heavy atom. The lowest BCUT2D eigenvalue weighted by atomic mass is 10.1. The molecule has 6 heteroatoms. The minimum Gasteiger partial charge on any atom is -0.494 e. The van der Waals surface area contributed by atoms with Crippen LogP contribution in [0, 0.1) is 6.92 Å². The molecule has 6 nitrogen and oxygen atoms in total. The zero-order chi connectivity index (χ0) is 20.1. The second-order valence-electron chi connectivity index (χ2n) is 7.08. The van der Waals surface area contributed by atoms with Crippen LogP contribution in [0.3, 0.4) is 0 Å². The molecule has 2 aromatic carbocycles. The molecule has 0 saturated heterocycles. The Balaban J connectivity index is 1.62. The van der Waals surface area contributed by atoms with Crippen molar-refractivity contribution in [1.82, 2.24) is 4.90 Å². The molecule has 2 amide bonds. The van der Waals surface area contributed by atoms with Gasteiger partial charge in [0.15, 0.2) is 6.10 Å². The number of likely N-dealkylation sites (N-methyl/N-ethyl adjacent to an activating group) is 1. The second-order valence-corrected chi connectivity index (χ2v) is 7.08. The number of hydrogen-bond acceptors (Lipinski definition) is 4. The van der Waals surface area contributed by atoms with Crippen molar-refractivity contribution in [3.63, 3.8) is 0 Å². The number of rotatable bonds is 6. The third-order valence-electron chi connectivity index (χ3n) is 4.58. The first-order chi connectivity index (χ1) is 13.5. The first kappa shape index (κ1) is 19.7. The molecular weight excluding hydrogens is 356 g/mol. The van der Waals surface area contributed by atoms with Crippen molar-refractivity contribution in [2.75, 3.05) is 32.1 Å². The molecule has 0 N–H and O–H groups in total. The fraction of sp³-hybridized carbons (Fsp3) is 0.364. The van der Waals surface area contributed by atoms with Crippen molar-refractivity contribution < 1.29 is 19.1 Å². The van der Waals surface area contributed by atoms with Gasteiger partial charge in [0, 0.05) is 20.5 Å². The van der Waals surface area contributed by atoms with E-state index in [1.807, 2.05) is 49.4 Å². The summed E-state index contributed by atoms with van der Waals surface area (Å²) in [6, 6.07) is 15.2. The minimum absolute atomic E-state index is 0.0415. The van der Waals surface area contributed by atoms with E-state index in [2.05, 4.69) is 0 Å². The molecule has 148 valence electrons. The normalized spacial score (nSPS) is 15.4. The van der Waals surface area contributed by atoms with E-state index in [-0.39, 0.29) is 18.4 Å². The summed E-state index contributed by atoms with van der Waals surface area (Å²) in [5, 5.41) is 0. The standard InChI is InChI=1S/C22H26N2O4/c1-16-8-6-9-17(14-16)27-13-7-12-21(25)24-15-20(22(26)23(2)3)28-19-11-5-4-10-18(19)24/h4-6,8-11,14,20H,7,12-13,15H2,1-3H3/t20-/m1/s1. The first-order valence-electron chi connectivity index (χ1n) is 9.42. The SMILES string of the molecule is Cc1cccc(OCCCC(=O)N2C[C@H](C(=O)N(C)C)Oc3ccccc32)c1. The van der Waals surface area contributed by atoms with Crippen LogP contribution >= 0.6 is 0 Å². The van der Waals surface area contributed by atoms with E-state index in [0.29, 0.717) is 30.9 Å². The van der Waals surface area contributed by atoms with Crippen molar-refractivity contribution in [3.05, 3.63) is 54.1 Å². The fourth-order valence-electron chi connectivity index (χ4n) is 3.14. The Labute approximate surface area is 165 Å². The highest BCUT2D eigenvalue weighted by molar-refractivity contribution is 5.97. The number of anilines is 1. The van der Waals surface area contributed by atoms with Crippen LogP contribution in [0.25, 0.3) is 0 Å². The van der Waals surface area contributed by atoms with Gasteiger partial charge < -0.3 is 19.3 Å². The van der Waals surface area contributed by atoms with Gasteiger partial charge >= 0.3 is 0 Å². The van der Waals surface area contributed by atoms with E-state index in [1.54, 1.807) is 25.1 Å². The van der Waals surface area contributed by atoms with E-state index in [1.165, 1.54) is 4.90 Å². The number of ether oxygens (including phenoxy) is 2. The average Bonchev–Trinajstić information content (AvgIpc) is 2.69. The number of carbonyl (C=O) groups excluding carboxylic acids is 2. The molecule has 0 bridgehead atoms. The maximum absolute atomic E-state index is 12.9. The third-order valence-corrected chi connectivity index (χ3v) is 4.58. The molecule has 0 radical (unpaired) electrons. The highest BCUT2D eigenvalue weighted by atomic mass is 16.5. The maximum atomic E-state index is 12.9. The number of amides is 2. The molecule has 3 rings (SSSR count). The number of aryl methyl sites for hydroxylation is 1. The predicted octanol–water partition coefficient (Wildman–Crippen LogP) is 3.04. The minimum atomic E-state index is -0.697. The highest BCUT2D eigenvalue weighted by Crippen LogP contribution is 2.34. The van der Waals surface area contributed by atoms with Crippen LogP contribution in [0.2, 0.25) is 0 Å². The smallest absolute Gasteiger partial charge is 0.265 e. The van der Waals surface area contributed by atoms with E-state index in [9.17, 15) is 9.59 Å². The Kier molecular flexibility index (Phi) is 6.19. The molecule has 0 aromatic heterocycles. The third kappa shape index (κ3) is 4.63. The lowest BCUT2D eigenvalue weighted by Gasteiger charge is -2.35. The van der Waals surface area contributed by atoms with Crippen LogP contribution in [0.5, 0.6) is 11.5 Å². The topological polar surface area (TPSA) is 59.1 Å². The Hall–Kier alpha value is -3.02. The molecule has 1 heterocycles. The van der Waals surface area contributed by atoms with Gasteiger partial charge in [0.05, 0.1) is 18.8 Å². The Morgan fingerprint density at radius 1 is 1.18 bits per heavy atom. The van der Waals surface area contributed by atoms with E-state index in [4.69, 9.17) is 9.47 Å². The van der Waals surface area contributed by atoms with Crippen LogP contribution in [0.1, 0.15) is 18.4 Å². The van der Waals surface area contributed by atoms with Crippen LogP contribution in [-0.4, -0.2) is 50.1 Å². The number of hydrogen-bond donors (Lipinski definition) is 0. The van der Waals surface area contributed by atoms with Crippen molar-refractivity contribution in [1.29, 1.82) is 0 Å². The Morgan fingerprint density at radius 2 is 1.96 bits per heavy atom. The predicted molar refractivity (Wildman–Crippen MR) is 108 cm³/mol. The molecular formula is C22H26N2O4. The zero-order valence-corrected chi connectivity index (χ0v) is 16.6. The average molecular weight is 382 g/mol. The lowest BCUT2D eigenvalue weighted by Crippen LogP contribution is -2.50. The van der Waals surface area contributed by atoms with Crippen LogP contribution in [0.4, 0.5) is 5.69 Å². The molecule has 0 saturated carbocycles. The molecule has 1 aliphatic heterocycles. The largest absolute Gasteiger partial charge is 0.494 e. The second kappa shape index (κ2) is 8.78. The molecule has 2 aromatic rings. The summed E-state index contributed by atoms with van der Waals surface area (Å²) in [6.07, 6.45) is 0.235. The fourth-order valence-corrected chi connectivity index (χ4v) is 3.14. The van der Waals surface area contributed by atoms with Gasteiger partial charge in [-0.25, -0.2) is 0 Å². The summed E-state index contributed by atoms with van der Waals surface area (Å²) >= 11 is 0. The number of benzene rings is 2.